The third-order valence-electron chi connectivity index (χ3n) is 6.15. The Morgan fingerprint density at radius 2 is 1.94 bits per heavy atom. The van der Waals surface area contributed by atoms with Gasteiger partial charge in [-0.2, -0.15) is 0 Å². The minimum absolute atomic E-state index is 0.0745. The van der Waals surface area contributed by atoms with Crippen LogP contribution in [0.25, 0.3) is 22.0 Å². The first-order chi connectivity index (χ1) is 17.5. The molecular weight excluding hydrogens is 456 g/mol. The summed E-state index contributed by atoms with van der Waals surface area (Å²) in [7, 11) is 1.58. The van der Waals surface area contributed by atoms with Crippen molar-refractivity contribution in [1.82, 2.24) is 19.7 Å². The number of methoxy groups -OCH3 is 1. The van der Waals surface area contributed by atoms with Crippen molar-refractivity contribution in [2.45, 2.75) is 26.8 Å². The SMILES string of the molecule is COc1cc2c(cc1-c1c(C)noc1C)cc(C(=O)Cc1cccnc1)c(=O)n2Cc1ccccn1. The fraction of sp³-hybridized carbons (Fsp3) is 0.179. The Morgan fingerprint density at radius 1 is 1.08 bits per heavy atom. The zero-order valence-electron chi connectivity index (χ0n) is 20.2. The van der Waals surface area contributed by atoms with E-state index in [1.165, 1.54) is 0 Å². The molecule has 36 heavy (non-hydrogen) atoms. The van der Waals surface area contributed by atoms with Gasteiger partial charge < -0.3 is 13.8 Å². The highest BCUT2D eigenvalue weighted by Gasteiger charge is 2.21. The minimum atomic E-state index is -0.380. The van der Waals surface area contributed by atoms with Crippen LogP contribution in [0.3, 0.4) is 0 Å². The summed E-state index contributed by atoms with van der Waals surface area (Å²) in [4.78, 5) is 35.5. The fourth-order valence-corrected chi connectivity index (χ4v) is 4.43. The van der Waals surface area contributed by atoms with E-state index in [0.29, 0.717) is 22.7 Å². The lowest BCUT2D eigenvalue weighted by molar-refractivity contribution is 0.0991. The second-order valence-corrected chi connectivity index (χ2v) is 8.54. The molecule has 4 aromatic heterocycles. The quantitative estimate of drug-likeness (QED) is 0.315. The number of fused-ring (bicyclic) bond motifs is 1. The molecule has 0 spiro atoms. The molecule has 0 atom stereocenters. The van der Waals surface area contributed by atoms with Gasteiger partial charge in [0.2, 0.25) is 0 Å². The Morgan fingerprint density at radius 3 is 2.61 bits per heavy atom. The van der Waals surface area contributed by atoms with Gasteiger partial charge in [0.25, 0.3) is 5.56 Å². The van der Waals surface area contributed by atoms with Gasteiger partial charge in [-0.25, -0.2) is 0 Å². The molecule has 4 heterocycles. The third-order valence-corrected chi connectivity index (χ3v) is 6.15. The number of Topliss-reactive ketones (excluding diaryl/α,β-unsaturated/α-hetero) is 1. The number of carbonyl (C=O) groups is 1. The number of hydrogen-bond donors (Lipinski definition) is 0. The van der Waals surface area contributed by atoms with Crippen molar-refractivity contribution in [3.05, 3.63) is 106 Å². The van der Waals surface area contributed by atoms with Crippen LogP contribution in [0.1, 0.15) is 33.1 Å². The number of aryl methyl sites for hydroxylation is 2. The van der Waals surface area contributed by atoms with E-state index in [1.54, 1.807) is 42.4 Å². The van der Waals surface area contributed by atoms with Crippen LogP contribution in [-0.2, 0) is 13.0 Å². The number of ketones is 1. The molecule has 5 rings (SSSR count). The van der Waals surface area contributed by atoms with Gasteiger partial charge in [-0.15, -0.1) is 0 Å². The van der Waals surface area contributed by atoms with Gasteiger partial charge in [-0.05, 0) is 49.7 Å². The maximum absolute atomic E-state index is 13.7. The number of carbonyl (C=O) groups excluding carboxylic acids is 1. The largest absolute Gasteiger partial charge is 0.496 e. The van der Waals surface area contributed by atoms with Crippen LogP contribution >= 0.6 is 0 Å². The van der Waals surface area contributed by atoms with Crippen LogP contribution < -0.4 is 10.3 Å². The predicted molar refractivity (Wildman–Crippen MR) is 135 cm³/mol. The third kappa shape index (κ3) is 4.29. The second kappa shape index (κ2) is 9.58. The second-order valence-electron chi connectivity index (χ2n) is 8.54. The summed E-state index contributed by atoms with van der Waals surface area (Å²) in [5.41, 5.74) is 4.12. The van der Waals surface area contributed by atoms with E-state index in [0.717, 1.165) is 27.8 Å². The number of rotatable bonds is 7. The molecule has 0 unspecified atom stereocenters. The van der Waals surface area contributed by atoms with Crippen molar-refractivity contribution in [2.24, 2.45) is 0 Å². The topological polar surface area (TPSA) is 100 Å². The van der Waals surface area contributed by atoms with Gasteiger partial charge in [0, 0.05) is 42.0 Å². The van der Waals surface area contributed by atoms with Crippen molar-refractivity contribution in [1.29, 1.82) is 0 Å². The van der Waals surface area contributed by atoms with Crippen LogP contribution in [0.15, 0.2) is 76.4 Å². The van der Waals surface area contributed by atoms with Crippen LogP contribution in [0.5, 0.6) is 5.75 Å². The molecule has 0 radical (unpaired) electrons. The first-order valence-electron chi connectivity index (χ1n) is 11.5. The lowest BCUT2D eigenvalue weighted by Crippen LogP contribution is -2.28. The predicted octanol–water partition coefficient (Wildman–Crippen LogP) is 4.55. The molecule has 8 heteroatoms. The van der Waals surface area contributed by atoms with E-state index in [9.17, 15) is 9.59 Å². The first-order valence-corrected chi connectivity index (χ1v) is 11.5. The van der Waals surface area contributed by atoms with Crippen molar-refractivity contribution in [2.75, 3.05) is 7.11 Å². The minimum Gasteiger partial charge on any atom is -0.496 e. The summed E-state index contributed by atoms with van der Waals surface area (Å²) in [5, 5.41) is 4.79. The fourth-order valence-electron chi connectivity index (χ4n) is 4.43. The molecule has 8 nitrogen and oxygen atoms in total. The van der Waals surface area contributed by atoms with E-state index in [4.69, 9.17) is 9.26 Å². The van der Waals surface area contributed by atoms with Crippen molar-refractivity contribution in [3.63, 3.8) is 0 Å². The zero-order valence-corrected chi connectivity index (χ0v) is 20.2. The van der Waals surface area contributed by atoms with Crippen molar-refractivity contribution < 1.29 is 14.1 Å². The Bertz CT molecular complexity index is 1600. The first kappa shape index (κ1) is 23.2. The van der Waals surface area contributed by atoms with E-state index in [2.05, 4.69) is 15.1 Å². The molecule has 0 aliphatic rings. The van der Waals surface area contributed by atoms with Gasteiger partial charge in [0.1, 0.15) is 11.5 Å². The van der Waals surface area contributed by atoms with Gasteiger partial charge in [0.15, 0.2) is 5.78 Å². The standard InChI is InChI=1S/C28H24N4O4/c1-17-27(18(2)36-31-17)23-13-20-12-22(25(33)11-19-7-6-9-29-15-19)28(34)32(24(20)14-26(23)35-3)16-21-8-4-5-10-30-21/h4-10,12-15H,11,16H2,1-3H3. The van der Waals surface area contributed by atoms with Gasteiger partial charge >= 0.3 is 0 Å². The summed E-state index contributed by atoms with van der Waals surface area (Å²) in [6, 6.07) is 14.5. The molecule has 0 aliphatic carbocycles. The average Bonchev–Trinajstić information content (AvgIpc) is 3.23. The van der Waals surface area contributed by atoms with Crippen LogP contribution in [0.2, 0.25) is 0 Å². The Labute approximate surface area is 207 Å². The summed E-state index contributed by atoms with van der Waals surface area (Å²) in [6.07, 6.45) is 5.03. The van der Waals surface area contributed by atoms with Crippen molar-refractivity contribution in [3.8, 4) is 16.9 Å². The normalized spacial score (nSPS) is 11.1. The molecule has 0 saturated heterocycles. The summed E-state index contributed by atoms with van der Waals surface area (Å²) in [6.45, 7) is 3.90. The highest BCUT2D eigenvalue weighted by atomic mass is 16.5. The van der Waals surface area contributed by atoms with Crippen LogP contribution in [0, 0.1) is 13.8 Å². The van der Waals surface area contributed by atoms with E-state index >= 15 is 0 Å². The van der Waals surface area contributed by atoms with Crippen LogP contribution in [0.4, 0.5) is 0 Å². The van der Waals surface area contributed by atoms with Crippen LogP contribution in [-0.4, -0.2) is 32.6 Å². The molecule has 180 valence electrons. The van der Waals surface area contributed by atoms with Gasteiger partial charge in [-0.3, -0.25) is 19.6 Å². The molecule has 0 amide bonds. The molecule has 0 saturated carbocycles. The van der Waals surface area contributed by atoms with E-state index in [1.807, 2.05) is 50.2 Å². The smallest absolute Gasteiger partial charge is 0.262 e. The Kier molecular flexibility index (Phi) is 6.16. The molecule has 0 bridgehead atoms. The maximum atomic E-state index is 13.7. The summed E-state index contributed by atoms with van der Waals surface area (Å²) in [5.74, 6) is 0.944. The number of nitrogens with zero attached hydrogens (tertiary/aromatic N) is 4. The lowest BCUT2D eigenvalue weighted by Gasteiger charge is -2.16. The Hall–Kier alpha value is -4.59. The van der Waals surface area contributed by atoms with Gasteiger partial charge in [-0.1, -0.05) is 17.3 Å². The highest BCUT2D eigenvalue weighted by Crippen LogP contribution is 2.37. The molecule has 5 aromatic rings. The molecule has 0 N–H and O–H groups in total. The number of ether oxygens (including phenoxy) is 1. The lowest BCUT2D eigenvalue weighted by atomic mass is 9.98. The number of aromatic nitrogens is 4. The average molecular weight is 481 g/mol. The molecule has 0 fully saturated rings. The highest BCUT2D eigenvalue weighted by molar-refractivity contribution is 6.01. The summed E-state index contributed by atoms with van der Waals surface area (Å²) < 4.78 is 12.7. The van der Waals surface area contributed by atoms with E-state index < -0.39 is 0 Å². The van der Waals surface area contributed by atoms with E-state index in [-0.39, 0.29) is 29.9 Å². The number of hydrogen-bond acceptors (Lipinski definition) is 7. The number of pyridine rings is 3. The molecule has 1 aromatic carbocycles. The monoisotopic (exact) mass is 480 g/mol. The Balaban J connectivity index is 1.74. The number of benzene rings is 1. The van der Waals surface area contributed by atoms with Crippen molar-refractivity contribution >= 4 is 16.7 Å². The molecular formula is C28H24N4O4. The zero-order chi connectivity index (χ0) is 25.2. The summed E-state index contributed by atoms with van der Waals surface area (Å²) >= 11 is 0. The van der Waals surface area contributed by atoms with Gasteiger partial charge in [0.05, 0.1) is 41.7 Å². The maximum Gasteiger partial charge on any atom is 0.262 e. The molecule has 0 aliphatic heterocycles.